The molecular formula is H6AlFKO4P. The molecule has 0 radical (unpaired) electrons. The van der Waals surface area contributed by atoms with Crippen molar-refractivity contribution in [2.45, 2.75) is 0 Å². The van der Waals surface area contributed by atoms with E-state index in [9.17, 15) is 4.53 Å². The fourth-order valence-electron chi connectivity index (χ4n) is 0. The van der Waals surface area contributed by atoms with E-state index in [1.54, 1.807) is 0 Å². The Morgan fingerprint density at radius 1 is 1.50 bits per heavy atom. The molecule has 0 saturated carbocycles. The van der Waals surface area contributed by atoms with Crippen LogP contribution in [0.5, 0.6) is 0 Å². The van der Waals surface area contributed by atoms with Gasteiger partial charge in [0.1, 0.15) is 0 Å². The van der Waals surface area contributed by atoms with E-state index in [0.717, 1.165) is 0 Å². The first-order valence-corrected chi connectivity index (χ1v) is 2.45. The molecule has 0 aromatic carbocycles. The second-order valence-electron chi connectivity index (χ2n) is 0.560. The second kappa shape index (κ2) is 7.32. The third-order valence-electron chi connectivity index (χ3n) is 0.0899. The zero-order valence-corrected chi connectivity index (χ0v) is 3.43. The molecule has 0 aliphatic carbocycles. The molecule has 0 saturated heterocycles. The number of hydrogen-bond acceptors (Lipinski definition) is 2. The molecule has 0 fully saturated rings. The van der Waals surface area contributed by atoms with Gasteiger partial charge in [-0.3, -0.25) is 0 Å². The van der Waals surface area contributed by atoms with Crippen LogP contribution >= 0.6 is 7.82 Å². The first kappa shape index (κ1) is 16.7. The van der Waals surface area contributed by atoms with Crippen molar-refractivity contribution in [2.24, 2.45) is 0 Å². The van der Waals surface area contributed by atoms with Crippen molar-refractivity contribution >= 4 is 76.6 Å². The molecule has 8 heteroatoms. The van der Waals surface area contributed by atoms with Gasteiger partial charge in [0.05, 0.1) is 0 Å². The second-order valence-corrected chi connectivity index (χ2v) is 1.68. The number of rotatable bonds is 1. The molecular weight excluding hydrogens is 180 g/mol. The van der Waals surface area contributed by atoms with Gasteiger partial charge in [0.15, 0.2) is 17.4 Å². The molecule has 46 valence electrons. The average Bonchev–Trinajstić information content (AvgIpc) is 1.35. The van der Waals surface area contributed by atoms with Crippen molar-refractivity contribution in [1.29, 1.82) is 0 Å². The molecule has 8 heavy (non-hydrogen) atoms. The van der Waals surface area contributed by atoms with E-state index >= 15 is 0 Å². The van der Waals surface area contributed by atoms with Gasteiger partial charge < -0.3 is 9.79 Å². The molecule has 2 N–H and O–H groups in total. The van der Waals surface area contributed by atoms with E-state index in [-0.39, 0.29) is 68.7 Å². The molecule has 0 atom stereocenters. The number of hydrogen-bond donors (Lipinski definition) is 2. The van der Waals surface area contributed by atoms with Crippen molar-refractivity contribution in [3.05, 3.63) is 0 Å². The summed E-state index contributed by atoms with van der Waals surface area (Å²) in [5, 5.41) is 0. The van der Waals surface area contributed by atoms with Crippen LogP contribution in [0.4, 0.5) is 4.53 Å². The fraction of sp³-hybridized carbons (Fsp3) is 0. The standard InChI is InChI=1S/Al.FH2O4P.K.4H/c;1-5-6(2,3)4;;;;;/h;(H2,2,3,4);;;;;. The molecule has 0 amide bonds. The summed E-state index contributed by atoms with van der Waals surface area (Å²) in [5.74, 6) is 0. The van der Waals surface area contributed by atoms with Crippen LogP contribution in [-0.4, -0.2) is 78.5 Å². The Kier molecular flexibility index (Phi) is 15.2. The summed E-state index contributed by atoms with van der Waals surface area (Å²) in [7, 11) is -4.81. The molecule has 0 aliphatic heterocycles. The first-order chi connectivity index (χ1) is 2.56. The Morgan fingerprint density at radius 2 is 1.62 bits per heavy atom. The third kappa shape index (κ3) is 15.7. The van der Waals surface area contributed by atoms with Gasteiger partial charge in [0.25, 0.3) is 0 Å². The number of halogens is 1. The summed E-state index contributed by atoms with van der Waals surface area (Å²) in [6.07, 6.45) is 0. The Hall–Kier alpha value is 2.21. The zero-order chi connectivity index (χ0) is 5.21. The van der Waals surface area contributed by atoms with Gasteiger partial charge >= 0.3 is 59.2 Å². The normalized spacial score (nSPS) is 8.88. The summed E-state index contributed by atoms with van der Waals surface area (Å²) in [4.78, 5) is 14.7. The molecule has 0 aromatic rings. The topological polar surface area (TPSA) is 66.8 Å². The molecule has 0 unspecified atom stereocenters. The van der Waals surface area contributed by atoms with Crippen LogP contribution in [0.2, 0.25) is 0 Å². The third-order valence-corrected chi connectivity index (χ3v) is 0.270. The first-order valence-electron chi connectivity index (χ1n) is 0.919. The molecule has 0 rings (SSSR count). The van der Waals surface area contributed by atoms with E-state index in [0.29, 0.717) is 0 Å². The van der Waals surface area contributed by atoms with Crippen molar-refractivity contribution in [3.63, 3.8) is 0 Å². The van der Waals surface area contributed by atoms with Gasteiger partial charge in [-0.1, -0.05) is 4.73 Å². The average molecular weight is 186 g/mol. The maximum absolute atomic E-state index is 10.2. The van der Waals surface area contributed by atoms with Crippen LogP contribution in [0.3, 0.4) is 0 Å². The van der Waals surface area contributed by atoms with Crippen molar-refractivity contribution < 1.29 is 23.6 Å². The van der Waals surface area contributed by atoms with E-state index < -0.39 is 7.82 Å². The molecule has 0 heterocycles. The Balaban J connectivity index is -0.000000125. The summed E-state index contributed by atoms with van der Waals surface area (Å²) < 4.78 is 21.4. The number of phosphoric acid groups is 1. The molecule has 4 nitrogen and oxygen atoms in total. The van der Waals surface area contributed by atoms with Crippen LogP contribution < -0.4 is 0 Å². The monoisotopic (exact) mass is 186 g/mol. The maximum atomic E-state index is 10.2. The van der Waals surface area contributed by atoms with E-state index in [2.05, 4.69) is 4.73 Å². The van der Waals surface area contributed by atoms with Crippen LogP contribution in [0.25, 0.3) is 0 Å². The Morgan fingerprint density at radius 3 is 1.62 bits per heavy atom. The van der Waals surface area contributed by atoms with Crippen LogP contribution in [0, 0.1) is 0 Å². The SMILES string of the molecule is O=P(O)(O)OF.[AlH3].[KH]. The van der Waals surface area contributed by atoms with E-state index in [1.807, 2.05) is 0 Å². The van der Waals surface area contributed by atoms with Gasteiger partial charge in [-0.2, -0.15) is 0 Å². The van der Waals surface area contributed by atoms with Gasteiger partial charge in [-0.25, -0.2) is 4.57 Å². The van der Waals surface area contributed by atoms with Crippen molar-refractivity contribution in [2.75, 3.05) is 0 Å². The van der Waals surface area contributed by atoms with Gasteiger partial charge in [0, 0.05) is 0 Å². The minimum atomic E-state index is -4.81. The summed E-state index contributed by atoms with van der Waals surface area (Å²) in [6, 6.07) is 0. The van der Waals surface area contributed by atoms with E-state index in [4.69, 9.17) is 14.4 Å². The summed E-state index contributed by atoms with van der Waals surface area (Å²) in [6.45, 7) is 0. The predicted molar refractivity (Wildman–Crippen MR) is 31.3 cm³/mol. The minimum absolute atomic E-state index is 0. The zero-order valence-electron chi connectivity index (χ0n) is 2.54. The molecule has 0 bridgehead atoms. The molecule has 0 aliphatic rings. The Bertz CT molecular complexity index is 80.1. The van der Waals surface area contributed by atoms with E-state index in [1.165, 1.54) is 0 Å². The van der Waals surface area contributed by atoms with Crippen molar-refractivity contribution in [3.8, 4) is 0 Å². The quantitative estimate of drug-likeness (QED) is 0.372. The van der Waals surface area contributed by atoms with Crippen LogP contribution in [0.1, 0.15) is 0 Å². The van der Waals surface area contributed by atoms with Crippen molar-refractivity contribution in [1.82, 2.24) is 0 Å². The van der Waals surface area contributed by atoms with Crippen LogP contribution in [0.15, 0.2) is 0 Å². The fourth-order valence-corrected chi connectivity index (χ4v) is 0. The predicted octanol–water partition coefficient (Wildman–Crippen LogP) is -1.85. The van der Waals surface area contributed by atoms with Gasteiger partial charge in [-0.15, -0.1) is 0 Å². The van der Waals surface area contributed by atoms with Gasteiger partial charge in [0.2, 0.25) is 0 Å². The molecule has 0 spiro atoms. The summed E-state index contributed by atoms with van der Waals surface area (Å²) >= 11 is 0. The Labute approximate surface area is 98.5 Å². The van der Waals surface area contributed by atoms with Gasteiger partial charge in [-0.05, 0) is 4.53 Å². The molecule has 0 aromatic heterocycles. The van der Waals surface area contributed by atoms with Crippen LogP contribution in [-0.2, 0) is 9.29 Å². The summed E-state index contributed by atoms with van der Waals surface area (Å²) in [5.41, 5.74) is 0.